The zero-order chi connectivity index (χ0) is 16.9. The number of hydrogen-bond donors (Lipinski definition) is 0. The monoisotopic (exact) mass is 322 g/mol. The Hall–Kier alpha value is -2.42. The number of carbonyl (C=O) groups excluding carboxylic acids is 2. The van der Waals surface area contributed by atoms with Crippen molar-refractivity contribution < 1.29 is 14.3 Å². The van der Waals surface area contributed by atoms with Gasteiger partial charge in [0.05, 0.1) is 12.7 Å². The number of benzene rings is 2. The van der Waals surface area contributed by atoms with Crippen LogP contribution in [0.3, 0.4) is 0 Å². The van der Waals surface area contributed by atoms with Crippen molar-refractivity contribution in [2.24, 2.45) is 0 Å². The van der Waals surface area contributed by atoms with Gasteiger partial charge in [0.1, 0.15) is 5.78 Å². The quantitative estimate of drug-likeness (QED) is 0.604. The number of methoxy groups -OCH3 is 1. The predicted octanol–water partition coefficient (Wildman–Crippen LogP) is 4.76. The number of Topliss-reactive ketones (excluding diaryl/α,β-unsaturated/α-hetero) is 1. The fourth-order valence-corrected chi connectivity index (χ4v) is 3.36. The molecule has 2 aromatic carbocycles. The third-order valence-electron chi connectivity index (χ3n) is 4.73. The second-order valence-corrected chi connectivity index (χ2v) is 6.31. The molecule has 0 amide bonds. The minimum atomic E-state index is -0.336. The zero-order valence-electron chi connectivity index (χ0n) is 14.0. The van der Waals surface area contributed by atoms with Gasteiger partial charge in [-0.15, -0.1) is 0 Å². The smallest absolute Gasteiger partial charge is 0.337 e. The Morgan fingerprint density at radius 3 is 2.54 bits per heavy atom. The Balaban J connectivity index is 1.84. The molecule has 0 N–H and O–H groups in total. The normalized spacial score (nSPS) is 18.0. The molecule has 3 rings (SSSR count). The Kier molecular flexibility index (Phi) is 5.09. The van der Waals surface area contributed by atoms with Crippen molar-refractivity contribution in [1.29, 1.82) is 0 Å². The lowest BCUT2D eigenvalue weighted by atomic mass is 9.89. The molecule has 24 heavy (non-hydrogen) atoms. The van der Waals surface area contributed by atoms with E-state index in [0.717, 1.165) is 42.4 Å². The lowest BCUT2D eigenvalue weighted by Crippen LogP contribution is -2.10. The minimum Gasteiger partial charge on any atom is -0.465 e. The van der Waals surface area contributed by atoms with E-state index in [1.165, 1.54) is 7.11 Å². The van der Waals surface area contributed by atoms with Gasteiger partial charge >= 0.3 is 5.97 Å². The maximum atomic E-state index is 12.3. The fraction of sp³-hybridized carbons (Fsp3) is 0.333. The summed E-state index contributed by atoms with van der Waals surface area (Å²) in [6.07, 6.45) is 4.96. The molecule has 3 nitrogen and oxygen atoms in total. The molecule has 0 radical (unpaired) electrons. The van der Waals surface area contributed by atoms with E-state index in [0.29, 0.717) is 17.8 Å². The van der Waals surface area contributed by atoms with Gasteiger partial charge in [-0.3, -0.25) is 4.79 Å². The summed E-state index contributed by atoms with van der Waals surface area (Å²) in [6.45, 7) is 0. The van der Waals surface area contributed by atoms with Gasteiger partial charge in [0, 0.05) is 12.3 Å². The molecule has 1 aliphatic carbocycles. The molecule has 0 aliphatic heterocycles. The first kappa shape index (κ1) is 16.4. The van der Waals surface area contributed by atoms with Gasteiger partial charge < -0.3 is 4.74 Å². The number of ketones is 1. The molecule has 1 unspecified atom stereocenters. The Labute approximate surface area is 142 Å². The standard InChI is InChI=1S/C21H22O3/c1-24-21(23)18-7-5-6-17(14-18)15-10-12-16(13-11-15)19-8-3-2-4-9-20(19)22/h5-7,10-14,19H,2-4,8-9H2,1H3. The summed E-state index contributed by atoms with van der Waals surface area (Å²) >= 11 is 0. The van der Waals surface area contributed by atoms with Crippen LogP contribution in [0.25, 0.3) is 11.1 Å². The number of hydrogen-bond acceptors (Lipinski definition) is 3. The first-order valence-corrected chi connectivity index (χ1v) is 8.50. The second-order valence-electron chi connectivity index (χ2n) is 6.31. The fourth-order valence-electron chi connectivity index (χ4n) is 3.36. The lowest BCUT2D eigenvalue weighted by Gasteiger charge is -2.14. The summed E-state index contributed by atoms with van der Waals surface area (Å²) in [5, 5.41) is 0. The lowest BCUT2D eigenvalue weighted by molar-refractivity contribution is -0.120. The van der Waals surface area contributed by atoms with Crippen molar-refractivity contribution >= 4 is 11.8 Å². The maximum absolute atomic E-state index is 12.3. The highest BCUT2D eigenvalue weighted by molar-refractivity contribution is 5.91. The van der Waals surface area contributed by atoms with Crippen molar-refractivity contribution in [3.63, 3.8) is 0 Å². The molecule has 0 aromatic heterocycles. The SMILES string of the molecule is COC(=O)c1cccc(-c2ccc(C3CCCCCC3=O)cc2)c1. The molecule has 2 aromatic rings. The van der Waals surface area contributed by atoms with E-state index in [2.05, 4.69) is 0 Å². The van der Waals surface area contributed by atoms with Crippen molar-refractivity contribution in [2.75, 3.05) is 7.11 Å². The Morgan fingerprint density at radius 2 is 1.79 bits per heavy atom. The third kappa shape index (κ3) is 3.56. The van der Waals surface area contributed by atoms with Crippen LogP contribution in [0.4, 0.5) is 0 Å². The molecule has 0 bridgehead atoms. The van der Waals surface area contributed by atoms with Gasteiger partial charge in [0.2, 0.25) is 0 Å². The van der Waals surface area contributed by atoms with Gasteiger partial charge in [-0.2, -0.15) is 0 Å². The van der Waals surface area contributed by atoms with E-state index in [-0.39, 0.29) is 11.9 Å². The van der Waals surface area contributed by atoms with Gasteiger partial charge in [-0.1, -0.05) is 49.2 Å². The average molecular weight is 322 g/mol. The largest absolute Gasteiger partial charge is 0.465 e. The molecule has 0 saturated heterocycles. The molecular weight excluding hydrogens is 300 g/mol. The molecule has 124 valence electrons. The van der Waals surface area contributed by atoms with E-state index in [1.807, 2.05) is 42.5 Å². The Morgan fingerprint density at radius 1 is 1.00 bits per heavy atom. The van der Waals surface area contributed by atoms with Crippen LogP contribution in [-0.2, 0) is 9.53 Å². The van der Waals surface area contributed by atoms with Crippen LogP contribution in [0, 0.1) is 0 Å². The zero-order valence-corrected chi connectivity index (χ0v) is 14.0. The van der Waals surface area contributed by atoms with Crippen LogP contribution < -0.4 is 0 Å². The molecule has 1 fully saturated rings. The Bertz CT molecular complexity index is 731. The molecule has 0 spiro atoms. The number of rotatable bonds is 3. The summed E-state index contributed by atoms with van der Waals surface area (Å²) in [6, 6.07) is 15.6. The van der Waals surface area contributed by atoms with E-state index in [4.69, 9.17) is 4.74 Å². The highest BCUT2D eigenvalue weighted by Crippen LogP contribution is 2.30. The van der Waals surface area contributed by atoms with E-state index < -0.39 is 0 Å². The molecule has 3 heteroatoms. The first-order valence-electron chi connectivity index (χ1n) is 8.50. The van der Waals surface area contributed by atoms with Crippen molar-refractivity contribution in [2.45, 2.75) is 38.0 Å². The van der Waals surface area contributed by atoms with Crippen molar-refractivity contribution in [1.82, 2.24) is 0 Å². The van der Waals surface area contributed by atoms with Crippen molar-refractivity contribution in [3.05, 3.63) is 59.7 Å². The topological polar surface area (TPSA) is 43.4 Å². The summed E-state index contributed by atoms with van der Waals surface area (Å²) in [4.78, 5) is 23.9. The van der Waals surface area contributed by atoms with E-state index in [9.17, 15) is 9.59 Å². The second kappa shape index (κ2) is 7.43. The van der Waals surface area contributed by atoms with Crippen LogP contribution in [0.2, 0.25) is 0 Å². The van der Waals surface area contributed by atoms with Crippen LogP contribution in [-0.4, -0.2) is 18.9 Å². The van der Waals surface area contributed by atoms with E-state index in [1.54, 1.807) is 6.07 Å². The molecule has 1 saturated carbocycles. The van der Waals surface area contributed by atoms with Crippen LogP contribution in [0.5, 0.6) is 0 Å². The van der Waals surface area contributed by atoms with Crippen LogP contribution in [0.15, 0.2) is 48.5 Å². The predicted molar refractivity (Wildman–Crippen MR) is 94.1 cm³/mol. The molecular formula is C21H22O3. The molecule has 1 atom stereocenters. The van der Waals surface area contributed by atoms with Crippen molar-refractivity contribution in [3.8, 4) is 11.1 Å². The van der Waals surface area contributed by atoms with Gasteiger partial charge in [-0.05, 0) is 41.7 Å². The summed E-state index contributed by atoms with van der Waals surface area (Å²) < 4.78 is 4.77. The minimum absolute atomic E-state index is 0.0444. The highest BCUT2D eigenvalue weighted by Gasteiger charge is 2.22. The van der Waals surface area contributed by atoms with E-state index >= 15 is 0 Å². The highest BCUT2D eigenvalue weighted by atomic mass is 16.5. The number of esters is 1. The van der Waals surface area contributed by atoms with Gasteiger partial charge in [0.25, 0.3) is 0 Å². The average Bonchev–Trinajstić information content (AvgIpc) is 2.85. The van der Waals surface area contributed by atoms with Crippen LogP contribution in [0.1, 0.15) is 53.9 Å². The number of ether oxygens (including phenoxy) is 1. The van der Waals surface area contributed by atoms with Gasteiger partial charge in [-0.25, -0.2) is 4.79 Å². The summed E-state index contributed by atoms with van der Waals surface area (Å²) in [7, 11) is 1.38. The molecule has 0 heterocycles. The summed E-state index contributed by atoms with van der Waals surface area (Å²) in [5.41, 5.74) is 3.65. The van der Waals surface area contributed by atoms with Crippen LogP contribution >= 0.6 is 0 Å². The number of carbonyl (C=O) groups is 2. The first-order chi connectivity index (χ1) is 11.7. The maximum Gasteiger partial charge on any atom is 0.337 e. The molecule has 1 aliphatic rings. The summed E-state index contributed by atoms with van der Waals surface area (Å²) in [5.74, 6) is 0.0772. The van der Waals surface area contributed by atoms with Gasteiger partial charge in [0.15, 0.2) is 0 Å². The third-order valence-corrected chi connectivity index (χ3v) is 4.73.